The Balaban J connectivity index is 1.74. The summed E-state index contributed by atoms with van der Waals surface area (Å²) in [7, 11) is -2.06. The topological polar surface area (TPSA) is 113 Å². The summed E-state index contributed by atoms with van der Waals surface area (Å²) >= 11 is 5.73. The fourth-order valence-electron chi connectivity index (χ4n) is 2.89. The summed E-state index contributed by atoms with van der Waals surface area (Å²) in [4.78, 5) is 26.4. The third kappa shape index (κ3) is 4.84. The first-order valence-electron chi connectivity index (χ1n) is 8.72. The lowest BCUT2D eigenvalue weighted by Crippen LogP contribution is -2.47. The average Bonchev–Trinajstić information content (AvgIpc) is 2.68. The molecule has 0 aliphatic carbocycles. The van der Waals surface area contributed by atoms with Crippen LogP contribution in [-0.4, -0.2) is 62.3 Å². The maximum absolute atomic E-state index is 12.6. The monoisotopic (exact) mass is 438 g/mol. The summed E-state index contributed by atoms with van der Waals surface area (Å²) in [5.41, 5.74) is 0.194. The van der Waals surface area contributed by atoms with Gasteiger partial charge in [0, 0.05) is 43.5 Å². The quantitative estimate of drug-likeness (QED) is 0.566. The van der Waals surface area contributed by atoms with E-state index in [-0.39, 0.29) is 21.5 Å². The van der Waals surface area contributed by atoms with E-state index in [1.54, 1.807) is 17.0 Å². The van der Waals surface area contributed by atoms with Crippen molar-refractivity contribution in [2.75, 3.05) is 37.9 Å². The molecule has 1 amide bonds. The van der Waals surface area contributed by atoms with Gasteiger partial charge in [0.15, 0.2) is 0 Å². The number of amides is 1. The van der Waals surface area contributed by atoms with Crippen molar-refractivity contribution in [1.82, 2.24) is 9.80 Å². The van der Waals surface area contributed by atoms with Crippen LogP contribution in [0.3, 0.4) is 0 Å². The van der Waals surface area contributed by atoms with E-state index < -0.39 is 20.6 Å². The fourth-order valence-corrected chi connectivity index (χ4v) is 4.15. The summed E-state index contributed by atoms with van der Waals surface area (Å²) in [5, 5.41) is 10.8. The Bertz CT molecular complexity index is 1030. The molecule has 1 N–H and O–H groups in total. The number of nitrogens with zero attached hydrogens (tertiary/aromatic N) is 3. The third-order valence-corrected chi connectivity index (χ3v) is 6.30. The van der Waals surface area contributed by atoms with Crippen molar-refractivity contribution in [2.45, 2.75) is 4.90 Å². The lowest BCUT2D eigenvalue weighted by molar-refractivity contribution is -0.384. The molecule has 29 heavy (non-hydrogen) atoms. The molecule has 0 saturated carbocycles. The Hall–Kier alpha value is -2.69. The van der Waals surface area contributed by atoms with Crippen molar-refractivity contribution >= 4 is 38.9 Å². The van der Waals surface area contributed by atoms with E-state index in [9.17, 15) is 23.3 Å². The summed E-state index contributed by atoms with van der Waals surface area (Å²) in [6, 6.07) is 9.28. The van der Waals surface area contributed by atoms with E-state index in [0.717, 1.165) is 25.2 Å². The first kappa shape index (κ1) is 21.0. The van der Waals surface area contributed by atoms with E-state index in [1.165, 1.54) is 18.2 Å². The highest BCUT2D eigenvalue weighted by Crippen LogP contribution is 2.28. The van der Waals surface area contributed by atoms with Crippen LogP contribution >= 0.6 is 11.6 Å². The standard InChI is InChI=1S/C18H19ClN4O5S/c1-21-8-10-22(11-9-21)18(24)13-2-4-14(5-3-13)20-29(27,28)15-6-7-16(19)17(12-15)23(25)26/h2-7,12,20H,8-11H2,1H3. The van der Waals surface area contributed by atoms with Gasteiger partial charge in [0.1, 0.15) is 5.02 Å². The molecule has 1 aliphatic rings. The predicted molar refractivity (Wildman–Crippen MR) is 109 cm³/mol. The molecule has 1 aliphatic heterocycles. The molecule has 1 saturated heterocycles. The van der Waals surface area contributed by atoms with Crippen molar-refractivity contribution in [1.29, 1.82) is 0 Å². The first-order chi connectivity index (χ1) is 13.7. The minimum absolute atomic E-state index is 0.110. The number of sulfonamides is 1. The van der Waals surface area contributed by atoms with Crippen LogP contribution in [0.15, 0.2) is 47.4 Å². The maximum atomic E-state index is 12.6. The Morgan fingerprint density at radius 2 is 1.72 bits per heavy atom. The molecule has 2 aromatic rings. The second kappa shape index (κ2) is 8.36. The Labute approximate surface area is 173 Å². The van der Waals surface area contributed by atoms with Crippen LogP contribution in [0.1, 0.15) is 10.4 Å². The highest BCUT2D eigenvalue weighted by Gasteiger charge is 2.22. The zero-order chi connectivity index (χ0) is 21.2. The lowest BCUT2D eigenvalue weighted by Gasteiger charge is -2.32. The number of nitro benzene ring substituents is 1. The highest BCUT2D eigenvalue weighted by atomic mass is 35.5. The van der Waals surface area contributed by atoms with Crippen LogP contribution in [0.4, 0.5) is 11.4 Å². The second-order valence-electron chi connectivity index (χ2n) is 6.65. The van der Waals surface area contributed by atoms with Crippen molar-refractivity contribution in [3.8, 4) is 0 Å². The number of carbonyl (C=O) groups excluding carboxylic acids is 1. The van der Waals surface area contributed by atoms with Crippen LogP contribution in [-0.2, 0) is 10.0 Å². The van der Waals surface area contributed by atoms with Crippen molar-refractivity contribution in [3.05, 3.63) is 63.2 Å². The van der Waals surface area contributed by atoms with Crippen LogP contribution in [0.2, 0.25) is 5.02 Å². The van der Waals surface area contributed by atoms with Crippen molar-refractivity contribution in [3.63, 3.8) is 0 Å². The average molecular weight is 439 g/mol. The molecule has 9 nitrogen and oxygen atoms in total. The number of likely N-dealkylation sites (N-methyl/N-ethyl adjacent to an activating group) is 1. The summed E-state index contributed by atoms with van der Waals surface area (Å²) < 4.78 is 27.4. The minimum atomic E-state index is -4.06. The molecule has 0 spiro atoms. The van der Waals surface area contributed by atoms with E-state index in [2.05, 4.69) is 9.62 Å². The molecular weight excluding hydrogens is 420 g/mol. The maximum Gasteiger partial charge on any atom is 0.289 e. The third-order valence-electron chi connectivity index (χ3n) is 4.60. The molecule has 3 rings (SSSR count). The van der Waals surface area contributed by atoms with Gasteiger partial charge in [-0.3, -0.25) is 19.6 Å². The number of nitro groups is 1. The molecule has 2 aromatic carbocycles. The van der Waals surface area contributed by atoms with Gasteiger partial charge in [-0.1, -0.05) is 11.6 Å². The number of hydrogen-bond donors (Lipinski definition) is 1. The van der Waals surface area contributed by atoms with Crippen LogP contribution < -0.4 is 4.72 Å². The largest absolute Gasteiger partial charge is 0.336 e. The fraction of sp³-hybridized carbons (Fsp3) is 0.278. The van der Waals surface area contributed by atoms with Crippen molar-refractivity contribution < 1.29 is 18.1 Å². The number of benzene rings is 2. The smallest absolute Gasteiger partial charge is 0.289 e. The van der Waals surface area contributed by atoms with Crippen molar-refractivity contribution in [2.24, 2.45) is 0 Å². The van der Waals surface area contributed by atoms with Crippen LogP contribution in [0.5, 0.6) is 0 Å². The Morgan fingerprint density at radius 3 is 2.31 bits per heavy atom. The highest BCUT2D eigenvalue weighted by molar-refractivity contribution is 7.92. The molecule has 0 aromatic heterocycles. The van der Waals surface area contributed by atoms with Crippen LogP contribution in [0.25, 0.3) is 0 Å². The van der Waals surface area contributed by atoms with E-state index in [0.29, 0.717) is 18.7 Å². The minimum Gasteiger partial charge on any atom is -0.336 e. The predicted octanol–water partition coefficient (Wildman–Crippen LogP) is 2.44. The number of rotatable bonds is 5. The molecule has 11 heteroatoms. The number of anilines is 1. The van der Waals surface area contributed by atoms with Gasteiger partial charge in [-0.25, -0.2) is 8.42 Å². The Kier molecular flexibility index (Phi) is 6.06. The van der Waals surface area contributed by atoms with Gasteiger partial charge >= 0.3 is 0 Å². The van der Waals surface area contributed by atoms with Gasteiger partial charge in [-0.2, -0.15) is 0 Å². The number of halogens is 1. The Morgan fingerprint density at radius 1 is 1.10 bits per heavy atom. The number of piperazine rings is 1. The number of nitrogens with one attached hydrogen (secondary N) is 1. The molecule has 0 atom stereocenters. The molecule has 0 unspecified atom stereocenters. The molecule has 1 heterocycles. The molecule has 154 valence electrons. The second-order valence-corrected chi connectivity index (χ2v) is 8.74. The zero-order valence-corrected chi connectivity index (χ0v) is 17.1. The SMILES string of the molecule is CN1CCN(C(=O)c2ccc(NS(=O)(=O)c3ccc(Cl)c([N+](=O)[O-])c3)cc2)CC1. The number of carbonyl (C=O) groups is 1. The normalized spacial score (nSPS) is 15.2. The van der Waals surface area contributed by atoms with Gasteiger partial charge in [-0.15, -0.1) is 0 Å². The summed E-state index contributed by atoms with van der Waals surface area (Å²) in [6.45, 7) is 2.88. The van der Waals surface area contributed by atoms with Gasteiger partial charge in [0.05, 0.1) is 9.82 Å². The molecular formula is C18H19ClN4O5S. The lowest BCUT2D eigenvalue weighted by atomic mass is 10.1. The van der Waals surface area contributed by atoms with E-state index >= 15 is 0 Å². The summed E-state index contributed by atoms with van der Waals surface area (Å²) in [5.74, 6) is -0.110. The molecule has 0 bridgehead atoms. The van der Waals surface area contributed by atoms with Gasteiger partial charge in [0.2, 0.25) is 0 Å². The summed E-state index contributed by atoms with van der Waals surface area (Å²) in [6.07, 6.45) is 0. The van der Waals surface area contributed by atoms with E-state index in [1.807, 2.05) is 7.05 Å². The first-order valence-corrected chi connectivity index (χ1v) is 10.6. The molecule has 1 fully saturated rings. The zero-order valence-electron chi connectivity index (χ0n) is 15.5. The van der Waals surface area contributed by atoms with Gasteiger partial charge in [0.25, 0.3) is 21.6 Å². The molecule has 0 radical (unpaired) electrons. The number of hydrogen-bond acceptors (Lipinski definition) is 6. The van der Waals surface area contributed by atoms with Gasteiger partial charge in [-0.05, 0) is 43.4 Å². The van der Waals surface area contributed by atoms with Gasteiger partial charge < -0.3 is 9.80 Å². The van der Waals surface area contributed by atoms with E-state index in [4.69, 9.17) is 11.6 Å². The van der Waals surface area contributed by atoms with Crippen LogP contribution in [0, 0.1) is 10.1 Å².